The SMILES string of the molecule is CCN[C@H]1CCCN(C(=O)OC(C)(C)C)C1. The maximum Gasteiger partial charge on any atom is 0.410 e. The minimum atomic E-state index is -0.401. The minimum absolute atomic E-state index is 0.185. The van der Waals surface area contributed by atoms with E-state index >= 15 is 0 Å². The molecule has 0 aromatic heterocycles. The van der Waals surface area contributed by atoms with Gasteiger partial charge in [-0.2, -0.15) is 0 Å². The van der Waals surface area contributed by atoms with Crippen LogP contribution in [0.1, 0.15) is 40.5 Å². The number of nitrogens with zero attached hydrogens (tertiary/aromatic N) is 1. The molecule has 0 aromatic carbocycles. The average Bonchev–Trinajstić information content (AvgIpc) is 2.16. The number of amides is 1. The number of likely N-dealkylation sites (N-methyl/N-ethyl adjacent to an activating group) is 1. The van der Waals surface area contributed by atoms with Crippen molar-refractivity contribution in [2.75, 3.05) is 19.6 Å². The van der Waals surface area contributed by atoms with Gasteiger partial charge in [-0.05, 0) is 40.2 Å². The van der Waals surface area contributed by atoms with Crippen LogP contribution in [0.5, 0.6) is 0 Å². The molecule has 1 fully saturated rings. The lowest BCUT2D eigenvalue weighted by Gasteiger charge is -2.34. The summed E-state index contributed by atoms with van der Waals surface area (Å²) in [6, 6.07) is 0.422. The Hall–Kier alpha value is -0.770. The van der Waals surface area contributed by atoms with Crippen molar-refractivity contribution in [3.05, 3.63) is 0 Å². The first-order valence-electron chi connectivity index (χ1n) is 6.13. The molecule has 1 aliphatic heterocycles. The maximum atomic E-state index is 11.8. The quantitative estimate of drug-likeness (QED) is 0.786. The summed E-state index contributed by atoms with van der Waals surface area (Å²) in [6.07, 6.45) is 2.01. The Morgan fingerprint density at radius 1 is 1.50 bits per heavy atom. The van der Waals surface area contributed by atoms with Gasteiger partial charge in [0.25, 0.3) is 0 Å². The van der Waals surface area contributed by atoms with Gasteiger partial charge in [-0.3, -0.25) is 0 Å². The molecule has 0 saturated carbocycles. The molecule has 1 amide bonds. The van der Waals surface area contributed by atoms with Crippen LogP contribution in [0.25, 0.3) is 0 Å². The van der Waals surface area contributed by atoms with Crippen molar-refractivity contribution >= 4 is 6.09 Å². The molecule has 1 saturated heterocycles. The summed E-state index contributed by atoms with van der Waals surface area (Å²) in [4.78, 5) is 13.6. The summed E-state index contributed by atoms with van der Waals surface area (Å²) in [6.45, 7) is 10.3. The summed E-state index contributed by atoms with van der Waals surface area (Å²) < 4.78 is 5.36. The molecule has 94 valence electrons. The summed E-state index contributed by atoms with van der Waals surface area (Å²) in [5, 5.41) is 3.38. The van der Waals surface area contributed by atoms with Gasteiger partial charge in [-0.15, -0.1) is 0 Å². The van der Waals surface area contributed by atoms with Crippen LogP contribution in [0.2, 0.25) is 0 Å². The maximum absolute atomic E-state index is 11.8. The highest BCUT2D eigenvalue weighted by Crippen LogP contribution is 2.15. The molecule has 4 nitrogen and oxygen atoms in total. The molecule has 1 atom stereocenters. The Morgan fingerprint density at radius 2 is 2.19 bits per heavy atom. The van der Waals surface area contributed by atoms with Crippen molar-refractivity contribution in [1.82, 2.24) is 10.2 Å². The second kappa shape index (κ2) is 5.53. The molecule has 0 aromatic rings. The Labute approximate surface area is 98.3 Å². The Balaban J connectivity index is 2.44. The summed E-state index contributed by atoms with van der Waals surface area (Å²) >= 11 is 0. The fraction of sp³-hybridized carbons (Fsp3) is 0.917. The molecule has 1 aliphatic rings. The lowest BCUT2D eigenvalue weighted by molar-refractivity contribution is 0.0188. The van der Waals surface area contributed by atoms with E-state index in [2.05, 4.69) is 12.2 Å². The third-order valence-electron chi connectivity index (χ3n) is 2.57. The first-order chi connectivity index (χ1) is 7.42. The van der Waals surface area contributed by atoms with Gasteiger partial charge in [-0.25, -0.2) is 4.79 Å². The van der Waals surface area contributed by atoms with Gasteiger partial charge in [0.05, 0.1) is 0 Å². The average molecular weight is 228 g/mol. The zero-order chi connectivity index (χ0) is 12.2. The number of likely N-dealkylation sites (tertiary alicyclic amines) is 1. The molecule has 4 heteroatoms. The van der Waals surface area contributed by atoms with E-state index in [1.807, 2.05) is 25.7 Å². The molecular weight excluding hydrogens is 204 g/mol. The van der Waals surface area contributed by atoms with Crippen LogP contribution < -0.4 is 5.32 Å². The van der Waals surface area contributed by atoms with E-state index in [0.717, 1.165) is 32.5 Å². The predicted molar refractivity (Wildman–Crippen MR) is 64.5 cm³/mol. The number of ether oxygens (including phenoxy) is 1. The van der Waals surface area contributed by atoms with Crippen LogP contribution >= 0.6 is 0 Å². The van der Waals surface area contributed by atoms with Crippen LogP contribution in [-0.4, -0.2) is 42.3 Å². The fourth-order valence-corrected chi connectivity index (χ4v) is 1.92. The predicted octanol–water partition coefficient (Wildman–Crippen LogP) is 2.00. The van der Waals surface area contributed by atoms with Crippen molar-refractivity contribution in [2.24, 2.45) is 0 Å². The minimum Gasteiger partial charge on any atom is -0.444 e. The second-order valence-corrected chi connectivity index (χ2v) is 5.32. The van der Waals surface area contributed by atoms with Crippen LogP contribution in [-0.2, 0) is 4.74 Å². The second-order valence-electron chi connectivity index (χ2n) is 5.32. The number of rotatable bonds is 2. The number of carbonyl (C=O) groups excluding carboxylic acids is 1. The molecule has 0 spiro atoms. The summed E-state index contributed by atoms with van der Waals surface area (Å²) in [5.74, 6) is 0. The highest BCUT2D eigenvalue weighted by atomic mass is 16.6. The smallest absolute Gasteiger partial charge is 0.410 e. The molecule has 1 rings (SSSR count). The standard InChI is InChI=1S/C12H24N2O2/c1-5-13-10-7-6-8-14(9-10)11(15)16-12(2,3)4/h10,13H,5-9H2,1-4H3/t10-/m0/s1. The lowest BCUT2D eigenvalue weighted by Crippen LogP contribution is -2.49. The molecule has 0 unspecified atom stereocenters. The van der Waals surface area contributed by atoms with Crippen LogP contribution in [0.3, 0.4) is 0 Å². The van der Waals surface area contributed by atoms with Crippen molar-refractivity contribution in [3.8, 4) is 0 Å². The van der Waals surface area contributed by atoms with Crippen molar-refractivity contribution in [3.63, 3.8) is 0 Å². The molecule has 1 N–H and O–H groups in total. The Kier molecular flexibility index (Phi) is 4.59. The lowest BCUT2D eigenvalue weighted by atomic mass is 10.1. The summed E-state index contributed by atoms with van der Waals surface area (Å²) in [7, 11) is 0. The number of carbonyl (C=O) groups is 1. The van der Waals surface area contributed by atoms with Gasteiger partial charge in [0.2, 0.25) is 0 Å². The molecule has 0 aliphatic carbocycles. The number of hydrogen-bond acceptors (Lipinski definition) is 3. The van der Waals surface area contributed by atoms with Crippen LogP contribution in [0.15, 0.2) is 0 Å². The Morgan fingerprint density at radius 3 is 2.75 bits per heavy atom. The van der Waals surface area contributed by atoms with Gasteiger partial charge in [0.15, 0.2) is 0 Å². The molecular formula is C12H24N2O2. The monoisotopic (exact) mass is 228 g/mol. The van der Waals surface area contributed by atoms with E-state index < -0.39 is 5.60 Å². The van der Waals surface area contributed by atoms with E-state index in [1.165, 1.54) is 0 Å². The Bertz CT molecular complexity index is 234. The number of nitrogens with one attached hydrogen (secondary N) is 1. The normalized spacial score (nSPS) is 22.0. The van der Waals surface area contributed by atoms with Crippen molar-refractivity contribution in [2.45, 2.75) is 52.2 Å². The fourth-order valence-electron chi connectivity index (χ4n) is 1.92. The number of piperidine rings is 1. The van der Waals surface area contributed by atoms with Crippen LogP contribution in [0, 0.1) is 0 Å². The third-order valence-corrected chi connectivity index (χ3v) is 2.57. The zero-order valence-electron chi connectivity index (χ0n) is 10.9. The third kappa shape index (κ3) is 4.39. The van der Waals surface area contributed by atoms with E-state index in [1.54, 1.807) is 0 Å². The van der Waals surface area contributed by atoms with E-state index in [9.17, 15) is 4.79 Å². The van der Waals surface area contributed by atoms with Crippen LogP contribution in [0.4, 0.5) is 4.79 Å². The van der Waals surface area contributed by atoms with Gasteiger partial charge in [-0.1, -0.05) is 6.92 Å². The topological polar surface area (TPSA) is 41.6 Å². The van der Waals surface area contributed by atoms with E-state index in [4.69, 9.17) is 4.74 Å². The molecule has 16 heavy (non-hydrogen) atoms. The highest BCUT2D eigenvalue weighted by Gasteiger charge is 2.26. The largest absolute Gasteiger partial charge is 0.444 e. The molecule has 1 heterocycles. The molecule has 0 radical (unpaired) electrons. The van der Waals surface area contributed by atoms with Gasteiger partial charge in [0, 0.05) is 19.1 Å². The van der Waals surface area contributed by atoms with E-state index in [-0.39, 0.29) is 6.09 Å². The van der Waals surface area contributed by atoms with Gasteiger partial charge < -0.3 is 15.0 Å². The van der Waals surface area contributed by atoms with Gasteiger partial charge >= 0.3 is 6.09 Å². The van der Waals surface area contributed by atoms with Crippen molar-refractivity contribution in [1.29, 1.82) is 0 Å². The zero-order valence-corrected chi connectivity index (χ0v) is 10.9. The van der Waals surface area contributed by atoms with E-state index in [0.29, 0.717) is 6.04 Å². The van der Waals surface area contributed by atoms with Gasteiger partial charge in [0.1, 0.15) is 5.60 Å². The summed E-state index contributed by atoms with van der Waals surface area (Å²) in [5.41, 5.74) is -0.401. The first-order valence-corrected chi connectivity index (χ1v) is 6.13. The highest BCUT2D eigenvalue weighted by molar-refractivity contribution is 5.68. The van der Waals surface area contributed by atoms with Crippen molar-refractivity contribution < 1.29 is 9.53 Å². The molecule has 0 bridgehead atoms. The number of hydrogen-bond donors (Lipinski definition) is 1. The first kappa shape index (κ1) is 13.3.